The molecule has 1 saturated carbocycles. The number of amides is 3. The standard InChI is InChI=1S/C19H24N4O3S/c1-12-18(25)21-15-10-13(2-5-16(15)27-12)19(26)23-8-6-22(7-9-23)11-17(24)20-14-3-4-14/h2,5,10,12,14H,3-4,6-9,11H2,1H3,(H,20,24)(H,21,25)/t12-/m1/s1. The van der Waals surface area contributed by atoms with E-state index in [4.69, 9.17) is 0 Å². The highest BCUT2D eigenvalue weighted by molar-refractivity contribution is 8.00. The van der Waals surface area contributed by atoms with Crippen molar-refractivity contribution in [2.75, 3.05) is 38.0 Å². The summed E-state index contributed by atoms with van der Waals surface area (Å²) >= 11 is 1.51. The molecule has 4 rings (SSSR count). The van der Waals surface area contributed by atoms with Crippen LogP contribution in [-0.4, -0.2) is 71.5 Å². The van der Waals surface area contributed by atoms with Crippen molar-refractivity contribution in [2.24, 2.45) is 0 Å². The fraction of sp³-hybridized carbons (Fsp3) is 0.526. The molecule has 1 aromatic rings. The molecule has 2 aliphatic heterocycles. The molecule has 0 bridgehead atoms. The smallest absolute Gasteiger partial charge is 0.254 e. The van der Waals surface area contributed by atoms with E-state index in [1.165, 1.54) is 11.8 Å². The summed E-state index contributed by atoms with van der Waals surface area (Å²) in [5.41, 5.74) is 1.30. The number of hydrogen-bond donors (Lipinski definition) is 2. The number of carbonyl (C=O) groups is 3. The Hall–Kier alpha value is -2.06. The Labute approximate surface area is 162 Å². The molecular formula is C19H24N4O3S. The van der Waals surface area contributed by atoms with E-state index >= 15 is 0 Å². The van der Waals surface area contributed by atoms with Crippen molar-refractivity contribution in [3.8, 4) is 0 Å². The van der Waals surface area contributed by atoms with Gasteiger partial charge in [0.1, 0.15) is 0 Å². The summed E-state index contributed by atoms with van der Waals surface area (Å²) in [6, 6.07) is 5.88. The first-order valence-corrected chi connectivity index (χ1v) is 10.3. The monoisotopic (exact) mass is 388 g/mol. The molecule has 27 heavy (non-hydrogen) atoms. The van der Waals surface area contributed by atoms with Gasteiger partial charge in [-0.15, -0.1) is 11.8 Å². The zero-order valence-electron chi connectivity index (χ0n) is 15.4. The molecule has 0 radical (unpaired) electrons. The molecule has 0 aromatic heterocycles. The number of thioether (sulfide) groups is 1. The van der Waals surface area contributed by atoms with Gasteiger partial charge in [0.05, 0.1) is 17.5 Å². The average Bonchev–Trinajstić information content (AvgIpc) is 3.46. The molecule has 3 aliphatic rings. The second-order valence-electron chi connectivity index (χ2n) is 7.37. The zero-order valence-corrected chi connectivity index (χ0v) is 16.2. The first-order chi connectivity index (χ1) is 13.0. The third-order valence-electron chi connectivity index (χ3n) is 5.13. The van der Waals surface area contributed by atoms with Gasteiger partial charge in [-0.3, -0.25) is 19.3 Å². The molecule has 1 aromatic carbocycles. The minimum Gasteiger partial charge on any atom is -0.352 e. The Bertz CT molecular complexity index is 772. The molecule has 7 nitrogen and oxygen atoms in total. The second kappa shape index (κ2) is 7.52. The Balaban J connectivity index is 1.33. The molecule has 2 N–H and O–H groups in total. The van der Waals surface area contributed by atoms with E-state index < -0.39 is 0 Å². The number of piperazine rings is 1. The third-order valence-corrected chi connectivity index (χ3v) is 6.30. The average molecular weight is 388 g/mol. The van der Waals surface area contributed by atoms with Crippen LogP contribution in [-0.2, 0) is 9.59 Å². The second-order valence-corrected chi connectivity index (χ2v) is 8.75. The lowest BCUT2D eigenvalue weighted by Crippen LogP contribution is -2.51. The maximum absolute atomic E-state index is 12.8. The number of carbonyl (C=O) groups excluding carboxylic acids is 3. The van der Waals surface area contributed by atoms with Crippen molar-refractivity contribution in [3.05, 3.63) is 23.8 Å². The maximum atomic E-state index is 12.8. The summed E-state index contributed by atoms with van der Waals surface area (Å²) in [6.45, 7) is 4.86. The van der Waals surface area contributed by atoms with Gasteiger partial charge in [-0.2, -0.15) is 0 Å². The summed E-state index contributed by atoms with van der Waals surface area (Å²) in [4.78, 5) is 41.5. The van der Waals surface area contributed by atoms with Gasteiger partial charge in [-0.05, 0) is 38.0 Å². The van der Waals surface area contributed by atoms with Crippen LogP contribution in [0.25, 0.3) is 0 Å². The normalized spacial score (nSPS) is 22.8. The van der Waals surface area contributed by atoms with Crippen LogP contribution in [0.15, 0.2) is 23.1 Å². The van der Waals surface area contributed by atoms with Crippen molar-refractivity contribution < 1.29 is 14.4 Å². The van der Waals surface area contributed by atoms with E-state index in [1.54, 1.807) is 6.07 Å². The van der Waals surface area contributed by atoms with Crippen molar-refractivity contribution >= 4 is 35.2 Å². The molecule has 8 heteroatoms. The largest absolute Gasteiger partial charge is 0.352 e. The Kier molecular flexibility index (Phi) is 5.10. The highest BCUT2D eigenvalue weighted by Gasteiger charge is 2.28. The third kappa shape index (κ3) is 4.27. The summed E-state index contributed by atoms with van der Waals surface area (Å²) in [6.07, 6.45) is 2.18. The highest BCUT2D eigenvalue weighted by atomic mass is 32.2. The van der Waals surface area contributed by atoms with Crippen molar-refractivity contribution in [1.82, 2.24) is 15.1 Å². The van der Waals surface area contributed by atoms with E-state index in [-0.39, 0.29) is 23.0 Å². The topological polar surface area (TPSA) is 81.8 Å². The highest BCUT2D eigenvalue weighted by Crippen LogP contribution is 2.36. The number of anilines is 1. The van der Waals surface area contributed by atoms with Crippen LogP contribution in [0.2, 0.25) is 0 Å². The van der Waals surface area contributed by atoms with E-state index in [2.05, 4.69) is 15.5 Å². The van der Waals surface area contributed by atoms with Crippen LogP contribution in [0.4, 0.5) is 5.69 Å². The van der Waals surface area contributed by atoms with Gasteiger partial charge in [-0.25, -0.2) is 0 Å². The maximum Gasteiger partial charge on any atom is 0.254 e. The van der Waals surface area contributed by atoms with Crippen LogP contribution in [0.1, 0.15) is 30.1 Å². The van der Waals surface area contributed by atoms with Crippen molar-refractivity contribution in [1.29, 1.82) is 0 Å². The minimum atomic E-state index is -0.121. The molecular weight excluding hydrogens is 364 g/mol. The van der Waals surface area contributed by atoms with Gasteiger partial charge >= 0.3 is 0 Å². The number of nitrogens with one attached hydrogen (secondary N) is 2. The minimum absolute atomic E-state index is 0.0299. The van der Waals surface area contributed by atoms with Crippen LogP contribution in [0.3, 0.4) is 0 Å². The summed E-state index contributed by atoms with van der Waals surface area (Å²) in [7, 11) is 0. The van der Waals surface area contributed by atoms with Gasteiger partial charge in [-0.1, -0.05) is 0 Å². The van der Waals surface area contributed by atoms with E-state index in [9.17, 15) is 14.4 Å². The Morgan fingerprint density at radius 3 is 2.67 bits per heavy atom. The fourth-order valence-corrected chi connectivity index (χ4v) is 4.27. The quantitative estimate of drug-likeness (QED) is 0.809. The Morgan fingerprint density at radius 1 is 1.22 bits per heavy atom. The molecule has 1 aliphatic carbocycles. The molecule has 2 heterocycles. The lowest BCUT2D eigenvalue weighted by atomic mass is 10.1. The zero-order chi connectivity index (χ0) is 19.0. The van der Waals surface area contributed by atoms with Gasteiger partial charge in [0.25, 0.3) is 5.91 Å². The van der Waals surface area contributed by atoms with Crippen LogP contribution in [0.5, 0.6) is 0 Å². The van der Waals surface area contributed by atoms with Crippen LogP contribution < -0.4 is 10.6 Å². The van der Waals surface area contributed by atoms with Crippen molar-refractivity contribution in [2.45, 2.75) is 36.0 Å². The fourth-order valence-electron chi connectivity index (χ4n) is 3.34. The SMILES string of the molecule is C[C@H]1Sc2ccc(C(=O)N3CCN(CC(=O)NC4CC4)CC3)cc2NC1=O. The van der Waals surface area contributed by atoms with Gasteiger partial charge in [0.15, 0.2) is 0 Å². The van der Waals surface area contributed by atoms with Crippen LogP contribution >= 0.6 is 11.8 Å². The molecule has 144 valence electrons. The van der Waals surface area contributed by atoms with Gasteiger partial charge < -0.3 is 15.5 Å². The predicted molar refractivity (Wildman–Crippen MR) is 104 cm³/mol. The van der Waals surface area contributed by atoms with E-state index in [1.807, 2.05) is 24.0 Å². The summed E-state index contributed by atoms with van der Waals surface area (Å²) in [5.74, 6) is 0.0161. The number of benzene rings is 1. The lowest BCUT2D eigenvalue weighted by Gasteiger charge is -2.34. The van der Waals surface area contributed by atoms with Gasteiger partial charge in [0.2, 0.25) is 11.8 Å². The molecule has 3 amide bonds. The summed E-state index contributed by atoms with van der Waals surface area (Å²) in [5, 5.41) is 5.75. The van der Waals surface area contributed by atoms with Crippen molar-refractivity contribution in [3.63, 3.8) is 0 Å². The van der Waals surface area contributed by atoms with Gasteiger partial charge in [0, 0.05) is 42.7 Å². The van der Waals surface area contributed by atoms with E-state index in [0.29, 0.717) is 50.0 Å². The van der Waals surface area contributed by atoms with Crippen LogP contribution in [0, 0.1) is 0 Å². The molecule has 0 unspecified atom stereocenters. The summed E-state index contributed by atoms with van der Waals surface area (Å²) < 4.78 is 0. The number of hydrogen-bond acceptors (Lipinski definition) is 5. The lowest BCUT2D eigenvalue weighted by molar-refractivity contribution is -0.122. The number of nitrogens with zero attached hydrogens (tertiary/aromatic N) is 2. The number of fused-ring (bicyclic) bond motifs is 1. The van der Waals surface area contributed by atoms with E-state index in [0.717, 1.165) is 17.7 Å². The first kappa shape index (κ1) is 18.3. The predicted octanol–water partition coefficient (Wildman–Crippen LogP) is 1.16. The Morgan fingerprint density at radius 2 is 1.96 bits per heavy atom. The molecule has 1 atom stereocenters. The molecule has 1 saturated heterocycles. The first-order valence-electron chi connectivity index (χ1n) is 9.42. The molecule has 0 spiro atoms. The number of rotatable bonds is 4. The molecule has 2 fully saturated rings.